The predicted molar refractivity (Wildman–Crippen MR) is 131 cm³/mol. The van der Waals surface area contributed by atoms with Gasteiger partial charge in [0.05, 0.1) is 30.7 Å². The number of halogens is 3. The van der Waals surface area contributed by atoms with Crippen molar-refractivity contribution in [3.8, 4) is 23.0 Å². The second-order valence-corrected chi connectivity index (χ2v) is 8.16. The number of hydrogen-bond donors (Lipinski definition) is 2. The zero-order chi connectivity index (χ0) is 27.9. The van der Waals surface area contributed by atoms with E-state index in [1.165, 1.54) is 0 Å². The first kappa shape index (κ1) is 28.1. The van der Waals surface area contributed by atoms with Crippen molar-refractivity contribution in [1.82, 2.24) is 34.4 Å². The second kappa shape index (κ2) is 12.2. The Labute approximate surface area is 215 Å². The van der Waals surface area contributed by atoms with Crippen LogP contribution in [-0.2, 0) is 4.79 Å². The standard InChI is InChI=1S/C22H25N7O2.C2HF3O2/c1-27(2)12-5-9-24-22(30)20-19-15-23-11-13-28(19)21(26-20)18-8-10-25-29(18)16-6-4-7-17(14-16)31-3;3-2(4,5)1(6)7/h4,6-8,10-11,13-15H,5,9,12H2,1-3H3,(H,24,30);(H,6,7). The maximum Gasteiger partial charge on any atom is 0.490 e. The maximum absolute atomic E-state index is 12.9. The van der Waals surface area contributed by atoms with Crippen LogP contribution < -0.4 is 10.1 Å². The van der Waals surface area contributed by atoms with E-state index in [9.17, 15) is 18.0 Å². The van der Waals surface area contributed by atoms with Crippen LogP contribution in [0, 0.1) is 0 Å². The number of carboxylic acid groups (broad SMARTS) is 1. The Morgan fingerprint density at radius 1 is 1.18 bits per heavy atom. The SMILES string of the molecule is COc1cccc(-n2nccc2-c2nc(C(=O)NCCCN(C)C)c3cnccn23)c1.O=C(O)C(F)(F)F. The van der Waals surface area contributed by atoms with Crippen molar-refractivity contribution in [2.75, 3.05) is 34.3 Å². The molecule has 38 heavy (non-hydrogen) atoms. The quantitative estimate of drug-likeness (QED) is 0.331. The Hall–Kier alpha value is -4.46. The van der Waals surface area contributed by atoms with Crippen LogP contribution in [0.3, 0.4) is 0 Å². The highest BCUT2D eigenvalue weighted by atomic mass is 19.4. The summed E-state index contributed by atoms with van der Waals surface area (Å²) >= 11 is 0. The molecular formula is C24H26F3N7O4. The van der Waals surface area contributed by atoms with Gasteiger partial charge in [0.2, 0.25) is 0 Å². The number of nitrogens with one attached hydrogen (secondary N) is 1. The van der Waals surface area contributed by atoms with Gasteiger partial charge in [-0.05, 0) is 45.3 Å². The van der Waals surface area contributed by atoms with Crippen LogP contribution in [0.1, 0.15) is 16.9 Å². The highest BCUT2D eigenvalue weighted by Crippen LogP contribution is 2.26. The summed E-state index contributed by atoms with van der Waals surface area (Å²) in [6.45, 7) is 1.48. The molecule has 202 valence electrons. The Bertz CT molecular complexity index is 1400. The number of rotatable bonds is 8. The molecule has 0 spiro atoms. The van der Waals surface area contributed by atoms with Gasteiger partial charge in [0.25, 0.3) is 5.91 Å². The molecule has 0 radical (unpaired) electrons. The summed E-state index contributed by atoms with van der Waals surface area (Å²) in [5.74, 6) is -1.64. The summed E-state index contributed by atoms with van der Waals surface area (Å²) in [4.78, 5) is 32.7. The number of hydrogen-bond acceptors (Lipinski definition) is 7. The fraction of sp³-hybridized carbons (Fsp3) is 0.292. The van der Waals surface area contributed by atoms with Gasteiger partial charge < -0.3 is 20.1 Å². The van der Waals surface area contributed by atoms with Crippen LogP contribution >= 0.6 is 0 Å². The molecule has 1 amide bonds. The van der Waals surface area contributed by atoms with Crippen LogP contribution in [0.25, 0.3) is 22.7 Å². The van der Waals surface area contributed by atoms with Crippen LogP contribution in [0.4, 0.5) is 13.2 Å². The minimum atomic E-state index is -5.08. The smallest absolute Gasteiger partial charge is 0.490 e. The summed E-state index contributed by atoms with van der Waals surface area (Å²) < 4.78 is 40.7. The van der Waals surface area contributed by atoms with E-state index in [1.807, 2.05) is 48.8 Å². The number of nitrogens with zero attached hydrogens (tertiary/aromatic N) is 6. The first-order valence-corrected chi connectivity index (χ1v) is 11.3. The molecule has 0 unspecified atom stereocenters. The third-order valence-electron chi connectivity index (χ3n) is 5.14. The topological polar surface area (TPSA) is 127 Å². The molecule has 4 rings (SSSR count). The average Bonchev–Trinajstić information content (AvgIpc) is 3.51. The normalized spacial score (nSPS) is 11.2. The van der Waals surface area contributed by atoms with Crippen LogP contribution in [-0.4, -0.2) is 86.5 Å². The van der Waals surface area contributed by atoms with Crippen molar-refractivity contribution in [1.29, 1.82) is 0 Å². The third kappa shape index (κ3) is 6.85. The summed E-state index contributed by atoms with van der Waals surface area (Å²) in [7, 11) is 5.64. The zero-order valence-corrected chi connectivity index (χ0v) is 20.8. The molecule has 11 nitrogen and oxygen atoms in total. The van der Waals surface area contributed by atoms with Gasteiger partial charge in [-0.3, -0.25) is 14.2 Å². The Kier molecular flexibility index (Phi) is 9.02. The van der Waals surface area contributed by atoms with Gasteiger partial charge in [0, 0.05) is 25.0 Å². The van der Waals surface area contributed by atoms with E-state index < -0.39 is 12.1 Å². The third-order valence-corrected chi connectivity index (χ3v) is 5.14. The van der Waals surface area contributed by atoms with Crippen molar-refractivity contribution < 1.29 is 32.6 Å². The maximum atomic E-state index is 12.9. The van der Waals surface area contributed by atoms with E-state index >= 15 is 0 Å². The van der Waals surface area contributed by atoms with Gasteiger partial charge in [0.1, 0.15) is 11.4 Å². The number of aliphatic carboxylic acids is 1. The lowest BCUT2D eigenvalue weighted by atomic mass is 10.3. The molecule has 0 bridgehead atoms. The van der Waals surface area contributed by atoms with Gasteiger partial charge >= 0.3 is 12.1 Å². The molecule has 0 atom stereocenters. The van der Waals surface area contributed by atoms with Crippen molar-refractivity contribution in [3.05, 3.63) is 60.8 Å². The van der Waals surface area contributed by atoms with Crippen molar-refractivity contribution in [2.24, 2.45) is 0 Å². The first-order chi connectivity index (χ1) is 18.0. The molecule has 0 saturated heterocycles. The van der Waals surface area contributed by atoms with Crippen LogP contribution in [0.15, 0.2) is 55.1 Å². The number of imidazole rings is 1. The minimum Gasteiger partial charge on any atom is -0.497 e. The van der Waals surface area contributed by atoms with Gasteiger partial charge in [-0.15, -0.1) is 0 Å². The number of ether oxygens (including phenoxy) is 1. The van der Waals surface area contributed by atoms with E-state index in [1.54, 1.807) is 36.6 Å². The van der Waals surface area contributed by atoms with E-state index in [4.69, 9.17) is 14.6 Å². The molecule has 1 aromatic carbocycles. The largest absolute Gasteiger partial charge is 0.497 e. The van der Waals surface area contributed by atoms with Gasteiger partial charge in [-0.1, -0.05) is 6.07 Å². The van der Waals surface area contributed by atoms with Crippen LogP contribution in [0.2, 0.25) is 0 Å². The molecule has 2 N–H and O–H groups in total. The lowest BCUT2D eigenvalue weighted by Crippen LogP contribution is -2.27. The molecule has 3 aromatic heterocycles. The molecule has 0 saturated carbocycles. The number of carboxylic acids is 1. The van der Waals surface area contributed by atoms with Gasteiger partial charge in [-0.2, -0.15) is 18.3 Å². The summed E-state index contributed by atoms with van der Waals surface area (Å²) in [6.07, 6.45) is 2.60. The number of methoxy groups -OCH3 is 1. The fourth-order valence-electron chi connectivity index (χ4n) is 3.39. The number of benzene rings is 1. The van der Waals surface area contributed by atoms with E-state index in [2.05, 4.69) is 25.3 Å². The molecular weight excluding hydrogens is 507 g/mol. The van der Waals surface area contributed by atoms with E-state index in [0.717, 1.165) is 30.1 Å². The molecule has 0 fully saturated rings. The Balaban J connectivity index is 0.000000505. The molecule has 0 aliphatic rings. The number of carbonyl (C=O) groups is 2. The van der Waals surface area contributed by atoms with Crippen molar-refractivity contribution >= 4 is 17.4 Å². The molecule has 0 aliphatic heterocycles. The Morgan fingerprint density at radius 2 is 1.92 bits per heavy atom. The van der Waals surface area contributed by atoms with Crippen LogP contribution in [0.5, 0.6) is 5.75 Å². The van der Waals surface area contributed by atoms with Crippen molar-refractivity contribution in [3.63, 3.8) is 0 Å². The summed E-state index contributed by atoms with van der Waals surface area (Å²) in [5.41, 5.74) is 2.56. The molecule has 4 aromatic rings. The number of fused-ring (bicyclic) bond motifs is 1. The number of alkyl halides is 3. The number of aromatic nitrogens is 5. The first-order valence-electron chi connectivity index (χ1n) is 11.3. The summed E-state index contributed by atoms with van der Waals surface area (Å²) in [6, 6.07) is 9.48. The minimum absolute atomic E-state index is 0.219. The molecule has 0 aliphatic carbocycles. The number of amides is 1. The lowest BCUT2D eigenvalue weighted by Gasteiger charge is -2.09. The second-order valence-electron chi connectivity index (χ2n) is 8.16. The van der Waals surface area contributed by atoms with Crippen molar-refractivity contribution in [2.45, 2.75) is 12.6 Å². The predicted octanol–water partition coefficient (Wildman–Crippen LogP) is 2.91. The Morgan fingerprint density at radius 3 is 2.58 bits per heavy atom. The highest BCUT2D eigenvalue weighted by Gasteiger charge is 2.38. The highest BCUT2D eigenvalue weighted by molar-refractivity contribution is 5.99. The van der Waals surface area contributed by atoms with E-state index in [-0.39, 0.29) is 5.91 Å². The molecule has 14 heteroatoms. The van der Waals surface area contributed by atoms with E-state index in [0.29, 0.717) is 23.6 Å². The zero-order valence-electron chi connectivity index (χ0n) is 20.8. The summed E-state index contributed by atoms with van der Waals surface area (Å²) in [5, 5.41) is 14.5. The van der Waals surface area contributed by atoms with Gasteiger partial charge in [-0.25, -0.2) is 14.5 Å². The molecule has 3 heterocycles. The lowest BCUT2D eigenvalue weighted by molar-refractivity contribution is -0.192. The monoisotopic (exact) mass is 533 g/mol. The number of carbonyl (C=O) groups excluding carboxylic acids is 1. The fourth-order valence-corrected chi connectivity index (χ4v) is 3.39. The van der Waals surface area contributed by atoms with Gasteiger partial charge in [0.15, 0.2) is 11.5 Å². The average molecular weight is 534 g/mol.